The van der Waals surface area contributed by atoms with Crippen molar-refractivity contribution in [2.45, 2.75) is 0 Å². The van der Waals surface area contributed by atoms with Gasteiger partial charge >= 0.3 is 0 Å². The molecule has 1 amide bonds. The lowest BCUT2D eigenvalue weighted by Gasteiger charge is -2.07. The Morgan fingerprint density at radius 2 is 1.78 bits per heavy atom. The summed E-state index contributed by atoms with van der Waals surface area (Å²) in [6, 6.07) is 12.9. The van der Waals surface area contributed by atoms with Crippen LogP contribution in [0, 0.1) is 11.6 Å². The number of rotatable bonds is 4. The Morgan fingerprint density at radius 1 is 0.938 bits per heavy atom. The van der Waals surface area contributed by atoms with Gasteiger partial charge in [0, 0.05) is 40.5 Å². The van der Waals surface area contributed by atoms with Gasteiger partial charge in [0.2, 0.25) is 5.78 Å². The zero-order valence-corrected chi connectivity index (χ0v) is 16.4. The first-order valence-electron chi connectivity index (χ1n) is 9.59. The van der Waals surface area contributed by atoms with Crippen molar-refractivity contribution >= 4 is 33.6 Å². The number of primary amides is 1. The molecule has 3 aromatic heterocycles. The zero-order valence-electron chi connectivity index (χ0n) is 16.4. The van der Waals surface area contributed by atoms with Crippen molar-refractivity contribution < 1.29 is 18.4 Å². The number of hydrogen-bond acceptors (Lipinski definition) is 4. The molecule has 5 rings (SSSR count). The van der Waals surface area contributed by atoms with Crippen molar-refractivity contribution in [3.05, 3.63) is 95.4 Å². The Labute approximate surface area is 179 Å². The average molecular weight is 428 g/mol. The van der Waals surface area contributed by atoms with Gasteiger partial charge in [-0.1, -0.05) is 12.1 Å². The van der Waals surface area contributed by atoms with Gasteiger partial charge in [-0.3, -0.25) is 14.6 Å². The molecule has 0 aliphatic carbocycles. The monoisotopic (exact) mass is 428 g/mol. The summed E-state index contributed by atoms with van der Waals surface area (Å²) in [4.78, 5) is 36.0. The fourth-order valence-corrected chi connectivity index (χ4v) is 3.69. The molecule has 8 heteroatoms. The number of aromatic nitrogens is 3. The molecule has 156 valence electrons. The number of amides is 1. The number of carbonyl (C=O) groups excluding carboxylic acids is 2. The summed E-state index contributed by atoms with van der Waals surface area (Å²) in [5.41, 5.74) is 6.53. The number of nitrogens with zero attached hydrogens (tertiary/aromatic N) is 2. The molecule has 0 spiro atoms. The minimum Gasteiger partial charge on any atom is -0.366 e. The topological polar surface area (TPSA) is 102 Å². The molecule has 3 heterocycles. The number of nitrogens with one attached hydrogen (secondary N) is 1. The third-order valence-electron chi connectivity index (χ3n) is 5.30. The summed E-state index contributed by atoms with van der Waals surface area (Å²) in [5, 5.41) is 1.32. The van der Waals surface area contributed by atoms with E-state index in [-0.39, 0.29) is 5.56 Å². The molecule has 32 heavy (non-hydrogen) atoms. The lowest BCUT2D eigenvalue weighted by Crippen LogP contribution is -2.17. The Hall–Kier alpha value is -4.46. The van der Waals surface area contributed by atoms with Crippen molar-refractivity contribution in [2.75, 3.05) is 0 Å². The van der Waals surface area contributed by atoms with Crippen LogP contribution in [-0.2, 0) is 0 Å². The van der Waals surface area contributed by atoms with Crippen molar-refractivity contribution in [1.29, 1.82) is 0 Å². The van der Waals surface area contributed by atoms with E-state index in [1.807, 2.05) is 30.3 Å². The number of halogens is 2. The predicted octanol–water partition coefficient (Wildman–Crippen LogP) is 4.39. The number of aromatic amines is 1. The van der Waals surface area contributed by atoms with E-state index in [1.165, 1.54) is 6.20 Å². The van der Waals surface area contributed by atoms with Crippen LogP contribution in [0.2, 0.25) is 0 Å². The van der Waals surface area contributed by atoms with E-state index in [2.05, 4.69) is 15.0 Å². The second kappa shape index (κ2) is 7.35. The minimum atomic E-state index is -1.29. The Morgan fingerprint density at radius 3 is 2.59 bits per heavy atom. The summed E-state index contributed by atoms with van der Waals surface area (Å²) in [6.07, 6.45) is 4.68. The van der Waals surface area contributed by atoms with E-state index in [9.17, 15) is 18.4 Å². The Kier molecular flexibility index (Phi) is 4.48. The van der Waals surface area contributed by atoms with Crippen LogP contribution in [0.1, 0.15) is 26.3 Å². The van der Waals surface area contributed by atoms with E-state index < -0.39 is 34.5 Å². The van der Waals surface area contributed by atoms with E-state index >= 15 is 0 Å². The molecule has 0 bridgehead atoms. The predicted molar refractivity (Wildman–Crippen MR) is 115 cm³/mol. The van der Waals surface area contributed by atoms with E-state index in [0.29, 0.717) is 16.6 Å². The van der Waals surface area contributed by atoms with Gasteiger partial charge in [-0.15, -0.1) is 0 Å². The lowest BCUT2D eigenvalue weighted by atomic mass is 9.98. The largest absolute Gasteiger partial charge is 0.366 e. The van der Waals surface area contributed by atoms with Crippen LogP contribution in [0.3, 0.4) is 0 Å². The molecule has 0 aliphatic rings. The van der Waals surface area contributed by atoms with Crippen molar-refractivity contribution in [1.82, 2.24) is 15.0 Å². The standard InChI is InChI=1S/C24H14F2N4O2/c25-18-5-4-15(23(27)32)21(26)20(18)22(31)17-11-30-24-16(17)9-14(10-29-24)12-3-6-19-13(8-12)2-1-7-28-19/h1-11H,(H2,27,32)(H,29,30). The molecule has 6 nitrogen and oxygen atoms in total. The average Bonchev–Trinajstić information content (AvgIpc) is 3.21. The lowest BCUT2D eigenvalue weighted by molar-refractivity contribution is 0.0996. The van der Waals surface area contributed by atoms with Crippen LogP contribution in [-0.4, -0.2) is 26.6 Å². The van der Waals surface area contributed by atoms with Gasteiger partial charge in [-0.2, -0.15) is 0 Å². The van der Waals surface area contributed by atoms with Gasteiger partial charge in [-0.25, -0.2) is 13.8 Å². The summed E-state index contributed by atoms with van der Waals surface area (Å²) in [5.74, 6) is -4.39. The van der Waals surface area contributed by atoms with Crippen molar-refractivity contribution in [3.63, 3.8) is 0 Å². The van der Waals surface area contributed by atoms with Gasteiger partial charge in [0.1, 0.15) is 17.3 Å². The first kappa shape index (κ1) is 19.5. The molecule has 0 saturated carbocycles. The van der Waals surface area contributed by atoms with E-state index in [0.717, 1.165) is 28.6 Å². The SMILES string of the molecule is NC(=O)c1ccc(F)c(C(=O)c2c[nH]c3ncc(-c4ccc5ncccc5c4)cc23)c1F. The van der Waals surface area contributed by atoms with E-state index in [4.69, 9.17) is 5.73 Å². The van der Waals surface area contributed by atoms with Crippen molar-refractivity contribution in [3.8, 4) is 11.1 Å². The van der Waals surface area contributed by atoms with Crippen LogP contribution < -0.4 is 5.73 Å². The third kappa shape index (κ3) is 3.09. The van der Waals surface area contributed by atoms with E-state index in [1.54, 1.807) is 18.5 Å². The van der Waals surface area contributed by atoms with Crippen molar-refractivity contribution in [2.24, 2.45) is 5.73 Å². The summed E-state index contributed by atoms with van der Waals surface area (Å²) < 4.78 is 29.1. The van der Waals surface area contributed by atoms with Crippen LogP contribution >= 0.6 is 0 Å². The fraction of sp³-hybridized carbons (Fsp3) is 0. The second-order valence-electron chi connectivity index (χ2n) is 7.21. The zero-order chi connectivity index (χ0) is 22.4. The molecule has 2 aromatic carbocycles. The minimum absolute atomic E-state index is 0.0243. The highest BCUT2D eigenvalue weighted by molar-refractivity contribution is 6.17. The smallest absolute Gasteiger partial charge is 0.251 e. The molecule has 0 fully saturated rings. The molecule has 0 saturated heterocycles. The molecule has 5 aromatic rings. The van der Waals surface area contributed by atoms with Crippen LogP contribution in [0.25, 0.3) is 33.1 Å². The first-order chi connectivity index (χ1) is 15.4. The van der Waals surface area contributed by atoms with Gasteiger partial charge < -0.3 is 10.7 Å². The quantitative estimate of drug-likeness (QED) is 0.415. The molecular weight excluding hydrogens is 414 g/mol. The normalized spacial score (nSPS) is 11.2. The summed E-state index contributed by atoms with van der Waals surface area (Å²) in [6.45, 7) is 0. The number of hydrogen-bond donors (Lipinski definition) is 2. The van der Waals surface area contributed by atoms with Crippen LogP contribution in [0.15, 0.2) is 67.1 Å². The highest BCUT2D eigenvalue weighted by atomic mass is 19.1. The Balaban J connectivity index is 1.64. The first-order valence-corrected chi connectivity index (χ1v) is 9.59. The maximum absolute atomic E-state index is 14.7. The fourth-order valence-electron chi connectivity index (χ4n) is 3.69. The molecule has 0 aliphatic heterocycles. The number of nitrogens with two attached hydrogens (primary N) is 1. The molecule has 0 radical (unpaired) electrons. The molecule has 3 N–H and O–H groups in total. The maximum Gasteiger partial charge on any atom is 0.251 e. The highest BCUT2D eigenvalue weighted by Gasteiger charge is 2.25. The van der Waals surface area contributed by atoms with Crippen LogP contribution in [0.5, 0.6) is 0 Å². The number of benzene rings is 2. The maximum atomic E-state index is 14.7. The molecular formula is C24H14F2N4O2. The van der Waals surface area contributed by atoms with Crippen LogP contribution in [0.4, 0.5) is 8.78 Å². The summed E-state index contributed by atoms with van der Waals surface area (Å²) >= 11 is 0. The van der Waals surface area contributed by atoms with Gasteiger partial charge in [-0.05, 0) is 42.0 Å². The Bertz CT molecular complexity index is 1560. The number of ketones is 1. The number of H-pyrrole nitrogens is 1. The highest BCUT2D eigenvalue weighted by Crippen LogP contribution is 2.29. The van der Waals surface area contributed by atoms with Gasteiger partial charge in [0.25, 0.3) is 5.91 Å². The number of pyridine rings is 2. The van der Waals surface area contributed by atoms with Gasteiger partial charge in [0.05, 0.1) is 16.6 Å². The molecule has 0 unspecified atom stereocenters. The number of fused-ring (bicyclic) bond motifs is 2. The number of carbonyl (C=O) groups is 2. The van der Waals surface area contributed by atoms with Gasteiger partial charge in [0.15, 0.2) is 0 Å². The molecule has 0 atom stereocenters. The summed E-state index contributed by atoms with van der Waals surface area (Å²) in [7, 11) is 0. The third-order valence-corrected chi connectivity index (χ3v) is 5.30. The second-order valence-corrected chi connectivity index (χ2v) is 7.21.